The molecule has 1 N–H and O–H groups in total. The van der Waals surface area contributed by atoms with E-state index in [2.05, 4.69) is 15.3 Å². The molecule has 1 amide bonds. The van der Waals surface area contributed by atoms with Crippen LogP contribution in [-0.2, 0) is 6.18 Å². The first-order chi connectivity index (χ1) is 10.4. The standard InChI is InChI=1S/C14H8F3N3OS/c15-14(16,17)9-6-10-11(18-7-9)19-13(22-10)20-12(21)8-4-2-1-3-5-8/h1-7H,(H,18,19,20,21). The van der Waals surface area contributed by atoms with Gasteiger partial charge in [0.15, 0.2) is 10.8 Å². The van der Waals surface area contributed by atoms with E-state index in [1.54, 1.807) is 30.3 Å². The number of alkyl halides is 3. The zero-order valence-electron chi connectivity index (χ0n) is 10.9. The van der Waals surface area contributed by atoms with Gasteiger partial charge in [-0.05, 0) is 18.2 Å². The molecule has 0 aliphatic heterocycles. The summed E-state index contributed by atoms with van der Waals surface area (Å²) in [5, 5.41) is 2.76. The Balaban J connectivity index is 1.88. The lowest BCUT2D eigenvalue weighted by Gasteiger charge is -2.04. The Morgan fingerprint density at radius 3 is 2.59 bits per heavy atom. The summed E-state index contributed by atoms with van der Waals surface area (Å²) in [6.45, 7) is 0. The fourth-order valence-electron chi connectivity index (χ4n) is 1.79. The molecule has 2 aromatic heterocycles. The third-order valence-electron chi connectivity index (χ3n) is 2.83. The van der Waals surface area contributed by atoms with Crippen molar-refractivity contribution in [1.82, 2.24) is 9.97 Å². The van der Waals surface area contributed by atoms with Gasteiger partial charge < -0.3 is 0 Å². The second-order valence-electron chi connectivity index (χ2n) is 4.38. The number of aromatic nitrogens is 2. The normalized spacial score (nSPS) is 11.6. The maximum atomic E-state index is 12.6. The minimum atomic E-state index is -4.46. The van der Waals surface area contributed by atoms with Crippen LogP contribution < -0.4 is 5.32 Å². The average Bonchev–Trinajstić information content (AvgIpc) is 2.88. The monoisotopic (exact) mass is 323 g/mol. The molecule has 0 radical (unpaired) electrons. The van der Waals surface area contributed by atoms with E-state index in [-0.39, 0.29) is 21.4 Å². The summed E-state index contributed by atoms with van der Waals surface area (Å²) >= 11 is 0.945. The Bertz CT molecular complexity index is 830. The van der Waals surface area contributed by atoms with Crippen molar-refractivity contribution in [3.8, 4) is 0 Å². The molecular formula is C14H8F3N3OS. The number of rotatable bonds is 2. The summed E-state index contributed by atoms with van der Waals surface area (Å²) in [6, 6.07) is 9.43. The molecule has 2 heterocycles. The van der Waals surface area contributed by atoms with Crippen LogP contribution in [0, 0.1) is 0 Å². The van der Waals surface area contributed by atoms with Crippen LogP contribution in [0.5, 0.6) is 0 Å². The van der Waals surface area contributed by atoms with Crippen molar-refractivity contribution in [3.05, 3.63) is 53.7 Å². The largest absolute Gasteiger partial charge is 0.417 e. The maximum Gasteiger partial charge on any atom is 0.417 e. The van der Waals surface area contributed by atoms with Gasteiger partial charge in [-0.3, -0.25) is 10.1 Å². The number of carbonyl (C=O) groups is 1. The van der Waals surface area contributed by atoms with E-state index in [9.17, 15) is 18.0 Å². The summed E-state index contributed by atoms with van der Waals surface area (Å²) in [4.78, 5) is 19.7. The topological polar surface area (TPSA) is 54.9 Å². The first-order valence-electron chi connectivity index (χ1n) is 6.14. The number of nitrogens with zero attached hydrogens (tertiary/aromatic N) is 2. The molecule has 0 aliphatic rings. The van der Waals surface area contributed by atoms with Crippen LogP contribution in [0.3, 0.4) is 0 Å². The molecule has 112 valence electrons. The number of benzene rings is 1. The van der Waals surface area contributed by atoms with Crippen molar-refractivity contribution in [3.63, 3.8) is 0 Å². The summed E-state index contributed by atoms with van der Waals surface area (Å²) in [5.41, 5.74) is -0.239. The molecule has 0 fully saturated rings. The minimum absolute atomic E-state index is 0.168. The van der Waals surface area contributed by atoms with E-state index in [1.807, 2.05) is 0 Å². The highest BCUT2D eigenvalue weighted by Gasteiger charge is 2.31. The molecule has 0 saturated carbocycles. The second kappa shape index (κ2) is 5.38. The Hall–Kier alpha value is -2.48. The molecule has 4 nitrogen and oxygen atoms in total. The van der Waals surface area contributed by atoms with Crippen molar-refractivity contribution >= 4 is 32.7 Å². The van der Waals surface area contributed by atoms with Gasteiger partial charge in [-0.15, -0.1) is 0 Å². The van der Waals surface area contributed by atoms with Gasteiger partial charge in [-0.2, -0.15) is 18.2 Å². The zero-order chi connectivity index (χ0) is 15.7. The van der Waals surface area contributed by atoms with Crippen LogP contribution in [0.4, 0.5) is 18.3 Å². The van der Waals surface area contributed by atoms with Gasteiger partial charge >= 0.3 is 6.18 Å². The molecule has 3 aromatic rings. The smallest absolute Gasteiger partial charge is 0.298 e. The van der Waals surface area contributed by atoms with E-state index in [0.717, 1.165) is 23.6 Å². The van der Waals surface area contributed by atoms with Crippen LogP contribution in [0.2, 0.25) is 0 Å². The van der Waals surface area contributed by atoms with Gasteiger partial charge in [0.2, 0.25) is 0 Å². The molecule has 3 rings (SSSR count). The van der Waals surface area contributed by atoms with Crippen molar-refractivity contribution in [2.24, 2.45) is 0 Å². The van der Waals surface area contributed by atoms with Crippen molar-refractivity contribution in [2.75, 3.05) is 5.32 Å². The van der Waals surface area contributed by atoms with Crippen LogP contribution >= 0.6 is 11.3 Å². The highest BCUT2D eigenvalue weighted by atomic mass is 32.1. The summed E-state index contributed by atoms with van der Waals surface area (Å²) in [7, 11) is 0. The fourth-order valence-corrected chi connectivity index (χ4v) is 2.65. The van der Waals surface area contributed by atoms with Crippen LogP contribution in [-0.4, -0.2) is 15.9 Å². The van der Waals surface area contributed by atoms with Gasteiger partial charge in [0.25, 0.3) is 5.91 Å². The lowest BCUT2D eigenvalue weighted by Crippen LogP contribution is -2.11. The first-order valence-corrected chi connectivity index (χ1v) is 6.95. The Morgan fingerprint density at radius 2 is 1.91 bits per heavy atom. The second-order valence-corrected chi connectivity index (χ2v) is 5.41. The number of pyridine rings is 1. The molecule has 0 unspecified atom stereocenters. The fraction of sp³-hybridized carbons (Fsp3) is 0.0714. The molecule has 0 atom stereocenters. The Labute approximate surface area is 126 Å². The maximum absolute atomic E-state index is 12.6. The quantitative estimate of drug-likeness (QED) is 0.776. The predicted molar refractivity (Wildman–Crippen MR) is 76.8 cm³/mol. The van der Waals surface area contributed by atoms with E-state index in [4.69, 9.17) is 0 Å². The van der Waals surface area contributed by atoms with E-state index in [0.29, 0.717) is 5.56 Å². The van der Waals surface area contributed by atoms with E-state index >= 15 is 0 Å². The van der Waals surface area contributed by atoms with Crippen molar-refractivity contribution in [2.45, 2.75) is 6.18 Å². The zero-order valence-corrected chi connectivity index (χ0v) is 11.7. The van der Waals surface area contributed by atoms with Gasteiger partial charge in [0.1, 0.15) is 0 Å². The molecule has 0 bridgehead atoms. The number of hydrogen-bond donors (Lipinski definition) is 1. The summed E-state index contributed by atoms with van der Waals surface area (Å²) in [5.74, 6) is -0.379. The Kier molecular flexibility index (Phi) is 3.53. The van der Waals surface area contributed by atoms with Crippen LogP contribution in [0.15, 0.2) is 42.6 Å². The molecule has 8 heteroatoms. The SMILES string of the molecule is O=C(Nc1nc2ncc(C(F)(F)F)cc2s1)c1ccccc1. The molecule has 0 spiro atoms. The number of carbonyl (C=O) groups excluding carboxylic acids is 1. The third kappa shape index (κ3) is 2.91. The Morgan fingerprint density at radius 1 is 1.18 bits per heavy atom. The summed E-state index contributed by atoms with van der Waals surface area (Å²) < 4.78 is 38.1. The molecule has 22 heavy (non-hydrogen) atoms. The minimum Gasteiger partial charge on any atom is -0.298 e. The number of fused-ring (bicyclic) bond motifs is 1. The van der Waals surface area contributed by atoms with E-state index in [1.165, 1.54) is 0 Å². The van der Waals surface area contributed by atoms with Crippen molar-refractivity contribution < 1.29 is 18.0 Å². The number of nitrogens with one attached hydrogen (secondary N) is 1. The first kappa shape index (κ1) is 14.5. The highest BCUT2D eigenvalue weighted by Crippen LogP contribution is 2.33. The van der Waals surface area contributed by atoms with Gasteiger partial charge in [0, 0.05) is 11.8 Å². The van der Waals surface area contributed by atoms with Crippen LogP contribution in [0.25, 0.3) is 10.3 Å². The highest BCUT2D eigenvalue weighted by molar-refractivity contribution is 7.22. The lowest BCUT2D eigenvalue weighted by molar-refractivity contribution is -0.137. The van der Waals surface area contributed by atoms with E-state index < -0.39 is 11.7 Å². The van der Waals surface area contributed by atoms with Gasteiger partial charge in [0.05, 0.1) is 10.3 Å². The molecule has 1 aromatic carbocycles. The third-order valence-corrected chi connectivity index (χ3v) is 3.74. The number of amides is 1. The number of hydrogen-bond acceptors (Lipinski definition) is 4. The summed E-state index contributed by atoms with van der Waals surface area (Å²) in [6.07, 6.45) is -3.73. The number of thiazole rings is 1. The average molecular weight is 323 g/mol. The molecule has 0 saturated heterocycles. The number of anilines is 1. The molecule has 0 aliphatic carbocycles. The van der Waals surface area contributed by atoms with Crippen molar-refractivity contribution in [1.29, 1.82) is 0 Å². The van der Waals surface area contributed by atoms with Gasteiger partial charge in [-0.1, -0.05) is 29.5 Å². The molecular weight excluding hydrogens is 315 g/mol. The lowest BCUT2D eigenvalue weighted by atomic mass is 10.2. The predicted octanol–water partition coefficient (Wildman–Crippen LogP) is 3.96. The number of halogens is 3. The van der Waals surface area contributed by atoms with Crippen LogP contribution in [0.1, 0.15) is 15.9 Å². The van der Waals surface area contributed by atoms with Gasteiger partial charge in [-0.25, -0.2) is 4.98 Å².